The summed E-state index contributed by atoms with van der Waals surface area (Å²) >= 11 is 0. The molecule has 0 amide bonds. The first kappa shape index (κ1) is 14.4. The monoisotopic (exact) mass is 268 g/mol. The van der Waals surface area contributed by atoms with E-state index in [1.165, 1.54) is 11.1 Å². The number of nitrogens with one attached hydrogen (secondary N) is 1. The molecule has 20 heavy (non-hydrogen) atoms. The van der Waals surface area contributed by atoms with Gasteiger partial charge in [-0.2, -0.15) is 0 Å². The summed E-state index contributed by atoms with van der Waals surface area (Å²) in [6, 6.07) is 16.0. The SMILES string of the molecule is CC(=O)c1ccc(CNCc2cccc(CN)c2)cc1. The lowest BCUT2D eigenvalue weighted by Gasteiger charge is -2.07. The number of rotatable bonds is 6. The lowest BCUT2D eigenvalue weighted by atomic mass is 10.1. The Morgan fingerprint density at radius 2 is 1.65 bits per heavy atom. The van der Waals surface area contributed by atoms with Gasteiger partial charge in [0.1, 0.15) is 0 Å². The summed E-state index contributed by atoms with van der Waals surface area (Å²) in [5.41, 5.74) is 9.93. The number of benzene rings is 2. The third-order valence-electron chi connectivity index (χ3n) is 3.25. The van der Waals surface area contributed by atoms with Gasteiger partial charge in [0.25, 0.3) is 0 Å². The normalized spacial score (nSPS) is 10.5. The van der Waals surface area contributed by atoms with Gasteiger partial charge in [0.05, 0.1) is 0 Å². The van der Waals surface area contributed by atoms with Crippen molar-refractivity contribution in [3.8, 4) is 0 Å². The van der Waals surface area contributed by atoms with Crippen LogP contribution < -0.4 is 11.1 Å². The van der Waals surface area contributed by atoms with Crippen molar-refractivity contribution in [1.82, 2.24) is 5.32 Å². The third-order valence-corrected chi connectivity index (χ3v) is 3.25. The van der Waals surface area contributed by atoms with Crippen molar-refractivity contribution < 1.29 is 4.79 Å². The zero-order valence-corrected chi connectivity index (χ0v) is 11.7. The molecule has 0 spiro atoms. The summed E-state index contributed by atoms with van der Waals surface area (Å²) in [4.78, 5) is 11.2. The van der Waals surface area contributed by atoms with Gasteiger partial charge >= 0.3 is 0 Å². The van der Waals surface area contributed by atoms with Crippen molar-refractivity contribution in [3.05, 3.63) is 70.8 Å². The largest absolute Gasteiger partial charge is 0.326 e. The first-order valence-electron chi connectivity index (χ1n) is 6.77. The number of carbonyl (C=O) groups excluding carboxylic acids is 1. The van der Waals surface area contributed by atoms with Crippen LogP contribution in [0.1, 0.15) is 34.0 Å². The third kappa shape index (κ3) is 4.02. The number of hydrogen-bond donors (Lipinski definition) is 2. The van der Waals surface area contributed by atoms with Crippen LogP contribution in [0.5, 0.6) is 0 Å². The van der Waals surface area contributed by atoms with Gasteiger partial charge in [-0.05, 0) is 23.6 Å². The molecule has 0 saturated carbocycles. The molecular formula is C17H20N2O. The Morgan fingerprint density at radius 3 is 2.30 bits per heavy atom. The first-order valence-corrected chi connectivity index (χ1v) is 6.77. The minimum absolute atomic E-state index is 0.100. The predicted octanol–water partition coefficient (Wildman–Crippen LogP) is 2.64. The number of carbonyl (C=O) groups is 1. The van der Waals surface area contributed by atoms with Gasteiger partial charge in [-0.1, -0.05) is 48.5 Å². The van der Waals surface area contributed by atoms with E-state index in [-0.39, 0.29) is 5.78 Å². The van der Waals surface area contributed by atoms with Gasteiger partial charge < -0.3 is 11.1 Å². The van der Waals surface area contributed by atoms with E-state index in [1.807, 2.05) is 36.4 Å². The molecule has 0 aliphatic heterocycles. The Kier molecular flexibility index (Phi) is 5.04. The van der Waals surface area contributed by atoms with E-state index in [9.17, 15) is 4.79 Å². The van der Waals surface area contributed by atoms with Gasteiger partial charge in [0.2, 0.25) is 0 Å². The second-order valence-corrected chi connectivity index (χ2v) is 4.88. The first-order chi connectivity index (χ1) is 9.69. The summed E-state index contributed by atoms with van der Waals surface area (Å²) in [6.45, 7) is 3.74. The van der Waals surface area contributed by atoms with Crippen LogP contribution in [0.2, 0.25) is 0 Å². The molecule has 0 aromatic heterocycles. The maximum Gasteiger partial charge on any atom is 0.159 e. The highest BCUT2D eigenvalue weighted by atomic mass is 16.1. The summed E-state index contributed by atoms with van der Waals surface area (Å²) in [5.74, 6) is 0.100. The summed E-state index contributed by atoms with van der Waals surface area (Å²) in [5, 5.41) is 3.39. The fraction of sp³-hybridized carbons (Fsp3) is 0.235. The fourth-order valence-corrected chi connectivity index (χ4v) is 2.08. The maximum absolute atomic E-state index is 11.2. The van der Waals surface area contributed by atoms with Gasteiger partial charge in [-0.25, -0.2) is 0 Å². The molecule has 2 aromatic carbocycles. The van der Waals surface area contributed by atoms with E-state index in [0.717, 1.165) is 24.2 Å². The molecule has 0 heterocycles. The van der Waals surface area contributed by atoms with Crippen molar-refractivity contribution in [2.75, 3.05) is 0 Å². The molecule has 0 radical (unpaired) electrons. The van der Waals surface area contributed by atoms with Crippen LogP contribution in [0.4, 0.5) is 0 Å². The topological polar surface area (TPSA) is 55.1 Å². The standard InChI is InChI=1S/C17H20N2O/c1-13(20)17-7-5-14(6-8-17)11-19-12-16-4-2-3-15(9-16)10-18/h2-9,19H,10-12,18H2,1H3. The van der Waals surface area contributed by atoms with Crippen LogP contribution in [0, 0.1) is 0 Å². The van der Waals surface area contributed by atoms with E-state index in [1.54, 1.807) is 6.92 Å². The Hall–Kier alpha value is -1.97. The molecule has 0 aliphatic rings. The number of nitrogens with two attached hydrogens (primary N) is 1. The highest BCUT2D eigenvalue weighted by Crippen LogP contribution is 2.07. The summed E-state index contributed by atoms with van der Waals surface area (Å²) < 4.78 is 0. The van der Waals surface area contributed by atoms with Crippen LogP contribution in [0.3, 0.4) is 0 Å². The van der Waals surface area contributed by atoms with Crippen molar-refractivity contribution in [2.45, 2.75) is 26.6 Å². The van der Waals surface area contributed by atoms with Crippen LogP contribution >= 0.6 is 0 Å². The molecule has 0 saturated heterocycles. The average molecular weight is 268 g/mol. The molecule has 0 aliphatic carbocycles. The second kappa shape index (κ2) is 6.98. The Morgan fingerprint density at radius 1 is 1.00 bits per heavy atom. The van der Waals surface area contributed by atoms with E-state index >= 15 is 0 Å². The minimum atomic E-state index is 0.100. The smallest absolute Gasteiger partial charge is 0.159 e. The van der Waals surface area contributed by atoms with Crippen molar-refractivity contribution >= 4 is 5.78 Å². The average Bonchev–Trinajstić information content (AvgIpc) is 2.48. The maximum atomic E-state index is 11.2. The zero-order valence-electron chi connectivity index (χ0n) is 11.7. The quantitative estimate of drug-likeness (QED) is 0.792. The van der Waals surface area contributed by atoms with Gasteiger partial charge in [0.15, 0.2) is 5.78 Å². The highest BCUT2D eigenvalue weighted by molar-refractivity contribution is 5.93. The molecule has 0 fully saturated rings. The van der Waals surface area contributed by atoms with Crippen molar-refractivity contribution in [3.63, 3.8) is 0 Å². The van der Waals surface area contributed by atoms with E-state index in [2.05, 4.69) is 17.4 Å². The Labute approximate surface area is 119 Å². The molecule has 3 heteroatoms. The van der Waals surface area contributed by atoms with Crippen molar-refractivity contribution in [2.24, 2.45) is 5.73 Å². The van der Waals surface area contributed by atoms with Crippen molar-refractivity contribution in [1.29, 1.82) is 0 Å². The molecular weight excluding hydrogens is 248 g/mol. The number of ketones is 1. The highest BCUT2D eigenvalue weighted by Gasteiger charge is 1.99. The molecule has 2 rings (SSSR count). The Bertz CT molecular complexity index is 576. The Balaban J connectivity index is 1.87. The van der Waals surface area contributed by atoms with Gasteiger partial charge in [0, 0.05) is 25.2 Å². The molecule has 3 nitrogen and oxygen atoms in total. The number of Topliss-reactive ketones (excluding diaryl/α,β-unsaturated/α-hetero) is 1. The zero-order chi connectivity index (χ0) is 14.4. The van der Waals surface area contributed by atoms with Crippen LogP contribution in [0.15, 0.2) is 48.5 Å². The molecule has 2 aromatic rings. The second-order valence-electron chi connectivity index (χ2n) is 4.88. The number of hydrogen-bond acceptors (Lipinski definition) is 3. The van der Waals surface area contributed by atoms with Crippen LogP contribution in [-0.4, -0.2) is 5.78 Å². The molecule has 0 atom stereocenters. The fourth-order valence-electron chi connectivity index (χ4n) is 2.08. The van der Waals surface area contributed by atoms with E-state index in [0.29, 0.717) is 6.54 Å². The van der Waals surface area contributed by atoms with E-state index < -0.39 is 0 Å². The summed E-state index contributed by atoms with van der Waals surface area (Å²) in [7, 11) is 0. The van der Waals surface area contributed by atoms with Gasteiger partial charge in [-0.15, -0.1) is 0 Å². The molecule has 104 valence electrons. The van der Waals surface area contributed by atoms with Crippen LogP contribution in [0.25, 0.3) is 0 Å². The molecule has 3 N–H and O–H groups in total. The molecule has 0 unspecified atom stereocenters. The minimum Gasteiger partial charge on any atom is -0.326 e. The summed E-state index contributed by atoms with van der Waals surface area (Å²) in [6.07, 6.45) is 0. The molecule has 0 bridgehead atoms. The van der Waals surface area contributed by atoms with E-state index in [4.69, 9.17) is 5.73 Å². The lowest BCUT2D eigenvalue weighted by molar-refractivity contribution is 0.101. The lowest BCUT2D eigenvalue weighted by Crippen LogP contribution is -2.13. The predicted molar refractivity (Wildman–Crippen MR) is 81.3 cm³/mol. The van der Waals surface area contributed by atoms with Gasteiger partial charge in [-0.3, -0.25) is 4.79 Å². The van der Waals surface area contributed by atoms with Crippen LogP contribution in [-0.2, 0) is 19.6 Å².